The van der Waals surface area contributed by atoms with Crippen LogP contribution in [-0.4, -0.2) is 27.4 Å². The average molecular weight is 493 g/mol. The molecule has 0 fully saturated rings. The van der Waals surface area contributed by atoms with E-state index in [0.29, 0.717) is 5.56 Å². The number of amides is 1. The predicted molar refractivity (Wildman–Crippen MR) is 123 cm³/mol. The molecule has 3 aromatic carbocycles. The maximum absolute atomic E-state index is 13.5. The Bertz CT molecular complexity index is 1120. The highest BCUT2D eigenvalue weighted by molar-refractivity contribution is 7.89. The molecule has 1 atom stereocenters. The maximum atomic E-state index is 13.5. The average Bonchev–Trinajstić information content (AvgIpc) is 2.80. The van der Waals surface area contributed by atoms with Gasteiger partial charge in [0, 0.05) is 12.6 Å². The second-order valence-corrected chi connectivity index (χ2v) is 9.37. The summed E-state index contributed by atoms with van der Waals surface area (Å²) in [5.74, 6) is -0.870. The van der Waals surface area contributed by atoms with Crippen LogP contribution in [-0.2, 0) is 28.9 Å². The molecule has 9 heteroatoms. The summed E-state index contributed by atoms with van der Waals surface area (Å²) < 4.78 is 66.2. The number of benzene rings is 3. The van der Waals surface area contributed by atoms with Crippen LogP contribution in [0.4, 0.5) is 17.6 Å². The fourth-order valence-corrected chi connectivity index (χ4v) is 4.55. The number of carbonyl (C=O) groups is 1. The molecule has 0 saturated heterocycles. The zero-order chi connectivity index (χ0) is 24.9. The van der Waals surface area contributed by atoms with Gasteiger partial charge in [0.25, 0.3) is 0 Å². The van der Waals surface area contributed by atoms with Crippen LogP contribution >= 0.6 is 0 Å². The smallest absolute Gasteiger partial charge is 0.416 e. The number of nitrogens with zero attached hydrogens (tertiary/aromatic N) is 1. The highest BCUT2D eigenvalue weighted by atomic mass is 32.2. The third-order valence-corrected chi connectivity index (χ3v) is 6.68. The molecule has 1 unspecified atom stereocenters. The monoisotopic (exact) mass is 492 g/mol. The summed E-state index contributed by atoms with van der Waals surface area (Å²) in [5, 5.41) is 2.77. The lowest BCUT2D eigenvalue weighted by molar-refractivity contribution is -0.137. The molecule has 0 aliphatic heterocycles. The molecule has 34 heavy (non-hydrogen) atoms. The van der Waals surface area contributed by atoms with E-state index < -0.39 is 28.9 Å². The molecule has 0 spiro atoms. The maximum Gasteiger partial charge on any atom is 0.416 e. The number of halogens is 4. The summed E-state index contributed by atoms with van der Waals surface area (Å²) in [7, 11) is 0. The lowest BCUT2D eigenvalue weighted by Crippen LogP contribution is -2.44. The topological polar surface area (TPSA) is 55.4 Å². The third kappa shape index (κ3) is 6.82. The van der Waals surface area contributed by atoms with Gasteiger partial charge in [0.05, 0.1) is 23.0 Å². The highest BCUT2D eigenvalue weighted by Gasteiger charge is 2.30. The lowest BCUT2D eigenvalue weighted by Gasteiger charge is -2.26. The van der Waals surface area contributed by atoms with Crippen LogP contribution in [0.2, 0.25) is 0 Å². The van der Waals surface area contributed by atoms with Gasteiger partial charge in [0.15, 0.2) is 4.90 Å². The van der Waals surface area contributed by atoms with E-state index in [1.54, 1.807) is 44.2 Å². The number of carbonyl (C=O) groups excluding carboxylic acids is 1. The highest BCUT2D eigenvalue weighted by Crippen LogP contribution is 2.31. The summed E-state index contributed by atoms with van der Waals surface area (Å²) >= 11 is -1.71. The first kappa shape index (κ1) is 25.7. The van der Waals surface area contributed by atoms with Crippen molar-refractivity contribution in [3.8, 4) is 11.1 Å². The lowest BCUT2D eigenvalue weighted by atomic mass is 10.0. The van der Waals surface area contributed by atoms with E-state index in [1.165, 1.54) is 34.6 Å². The van der Waals surface area contributed by atoms with E-state index in [9.17, 15) is 26.9 Å². The molecule has 0 heterocycles. The Morgan fingerprint density at radius 3 is 2.29 bits per heavy atom. The van der Waals surface area contributed by atoms with Crippen molar-refractivity contribution in [3.63, 3.8) is 0 Å². The first-order valence-corrected chi connectivity index (χ1v) is 11.6. The molecule has 180 valence electrons. The van der Waals surface area contributed by atoms with Crippen LogP contribution in [0.5, 0.6) is 0 Å². The van der Waals surface area contributed by atoms with Gasteiger partial charge in [-0.3, -0.25) is 4.79 Å². The van der Waals surface area contributed by atoms with Crippen LogP contribution in [0.25, 0.3) is 11.1 Å². The Kier molecular flexibility index (Phi) is 8.35. The van der Waals surface area contributed by atoms with Crippen molar-refractivity contribution in [2.45, 2.75) is 37.5 Å². The Labute approximate surface area is 198 Å². The van der Waals surface area contributed by atoms with E-state index >= 15 is 0 Å². The minimum Gasteiger partial charge on any atom is -0.593 e. The molecule has 0 aliphatic carbocycles. The molecule has 3 aromatic rings. The quantitative estimate of drug-likeness (QED) is 0.331. The summed E-state index contributed by atoms with van der Waals surface area (Å²) in [5.41, 5.74) is 1.38. The van der Waals surface area contributed by atoms with Gasteiger partial charge >= 0.3 is 6.18 Å². The molecule has 0 radical (unpaired) electrons. The van der Waals surface area contributed by atoms with Crippen molar-refractivity contribution in [1.29, 1.82) is 0 Å². The van der Waals surface area contributed by atoms with E-state index in [4.69, 9.17) is 0 Å². The first-order valence-electron chi connectivity index (χ1n) is 10.5. The minimum atomic E-state index is -4.40. The molecular weight excluding hydrogens is 468 g/mol. The number of hydrogen-bond donors (Lipinski definition) is 1. The summed E-state index contributed by atoms with van der Waals surface area (Å²) in [6.45, 7) is 3.61. The normalized spacial score (nSPS) is 12.7. The van der Waals surface area contributed by atoms with Gasteiger partial charge in [-0.2, -0.15) is 13.2 Å². The van der Waals surface area contributed by atoms with E-state index in [2.05, 4.69) is 5.32 Å². The number of hydrogen-bond acceptors (Lipinski definition) is 3. The molecule has 1 amide bonds. The second kappa shape index (κ2) is 11.0. The van der Waals surface area contributed by atoms with Crippen molar-refractivity contribution < 1.29 is 26.9 Å². The molecule has 0 bridgehead atoms. The number of alkyl halides is 3. The first-order chi connectivity index (χ1) is 16.0. The largest absolute Gasteiger partial charge is 0.593 e. The summed E-state index contributed by atoms with van der Waals surface area (Å²) in [6, 6.07) is 17.2. The molecule has 0 aliphatic rings. The molecular formula is C25H24F4N2O2S. The molecule has 0 aromatic heterocycles. The predicted octanol–water partition coefficient (Wildman–Crippen LogP) is 5.56. The van der Waals surface area contributed by atoms with Crippen LogP contribution in [0.3, 0.4) is 0 Å². The van der Waals surface area contributed by atoms with Crippen molar-refractivity contribution in [2.24, 2.45) is 0 Å². The summed E-state index contributed by atoms with van der Waals surface area (Å²) in [6.07, 6.45) is -4.40. The Balaban J connectivity index is 1.64. The molecule has 3 rings (SSSR count). The van der Waals surface area contributed by atoms with Gasteiger partial charge < -0.3 is 9.87 Å². The summed E-state index contributed by atoms with van der Waals surface area (Å²) in [4.78, 5) is 12.8. The van der Waals surface area contributed by atoms with E-state index in [-0.39, 0.29) is 29.9 Å². The molecule has 0 saturated carbocycles. The fourth-order valence-electron chi connectivity index (χ4n) is 3.25. The van der Waals surface area contributed by atoms with Crippen LogP contribution in [0, 0.1) is 5.82 Å². The fraction of sp³-hybridized carbons (Fsp3) is 0.240. The number of rotatable bonds is 8. The van der Waals surface area contributed by atoms with Gasteiger partial charge in [0.1, 0.15) is 12.4 Å². The standard InChI is InChI=1S/C25H24F4N2O2S/c1-17(2)31(34(33)23-8-4-7-22(26)14-23)16-24(32)30-15-18-5-3-6-20(13-18)19-9-11-21(12-10-19)25(27,28)29/h3-14,17H,15-16H2,1-2H3,(H,30,32). The molecule has 1 N–H and O–H groups in total. The van der Waals surface area contributed by atoms with Crippen LogP contribution < -0.4 is 5.32 Å². The number of nitrogens with one attached hydrogen (secondary N) is 1. The van der Waals surface area contributed by atoms with Gasteiger partial charge in [-0.25, -0.2) is 4.39 Å². The van der Waals surface area contributed by atoms with E-state index in [0.717, 1.165) is 23.3 Å². The zero-order valence-electron chi connectivity index (χ0n) is 18.6. The Hall–Kier alpha value is -2.88. The zero-order valence-corrected chi connectivity index (χ0v) is 19.4. The van der Waals surface area contributed by atoms with Crippen LogP contribution in [0.1, 0.15) is 25.0 Å². The SMILES string of the molecule is CC(C)N(CC(=O)NCc1cccc(-c2ccc(C(F)(F)F)cc2)c1)[S+]([O-])c1cccc(F)c1. The Morgan fingerprint density at radius 2 is 1.68 bits per heavy atom. The van der Waals surface area contributed by atoms with Crippen molar-refractivity contribution in [3.05, 3.63) is 89.7 Å². The van der Waals surface area contributed by atoms with Crippen LogP contribution in [0.15, 0.2) is 77.7 Å². The van der Waals surface area contributed by atoms with Gasteiger partial charge in [-0.05, 0) is 60.9 Å². The molecule has 4 nitrogen and oxygen atoms in total. The van der Waals surface area contributed by atoms with Gasteiger partial charge in [-0.1, -0.05) is 36.4 Å². The van der Waals surface area contributed by atoms with Crippen molar-refractivity contribution in [2.75, 3.05) is 6.54 Å². The van der Waals surface area contributed by atoms with Gasteiger partial charge in [0.2, 0.25) is 5.91 Å². The minimum absolute atomic E-state index is 0.153. The van der Waals surface area contributed by atoms with Crippen molar-refractivity contribution >= 4 is 17.3 Å². The van der Waals surface area contributed by atoms with Crippen molar-refractivity contribution in [1.82, 2.24) is 9.62 Å². The second-order valence-electron chi connectivity index (χ2n) is 7.93. The van der Waals surface area contributed by atoms with E-state index in [1.807, 2.05) is 0 Å². The van der Waals surface area contributed by atoms with Gasteiger partial charge in [-0.15, -0.1) is 4.31 Å². The third-order valence-electron chi connectivity index (χ3n) is 5.05. The Morgan fingerprint density at radius 1 is 1.00 bits per heavy atom.